The molecule has 5 heteroatoms. The van der Waals surface area contributed by atoms with Gasteiger partial charge in [-0.05, 0) is 19.3 Å². The maximum Gasteiger partial charge on any atom is 0.215 e. The highest BCUT2D eigenvalue weighted by Gasteiger charge is 2.26. The Hall–Kier alpha value is -0.130. The molecule has 0 aromatic rings. The normalized spacial score (nSPS) is 27.9. The fourth-order valence-electron chi connectivity index (χ4n) is 1.68. The molecule has 0 bridgehead atoms. The van der Waals surface area contributed by atoms with Crippen molar-refractivity contribution in [3.05, 3.63) is 0 Å². The van der Waals surface area contributed by atoms with Gasteiger partial charge in [0.2, 0.25) is 10.0 Å². The molecule has 1 rings (SSSR count). The molecule has 0 amide bonds. The van der Waals surface area contributed by atoms with Crippen LogP contribution >= 0.6 is 0 Å². The summed E-state index contributed by atoms with van der Waals surface area (Å²) in [5.74, 6) is 0.779. The Bertz CT molecular complexity index is 288. The Kier molecular flexibility index (Phi) is 4.55. The summed E-state index contributed by atoms with van der Waals surface area (Å²) in [6.07, 6.45) is 0.936. The summed E-state index contributed by atoms with van der Waals surface area (Å²) in [6, 6.07) is 0.259. The Balaban J connectivity index is 2.63. The first kappa shape index (κ1) is 12.9. The molecule has 90 valence electrons. The number of hydrogen-bond donors (Lipinski definition) is 1. The molecule has 1 N–H and O–H groups in total. The van der Waals surface area contributed by atoms with Crippen molar-refractivity contribution in [1.29, 1.82) is 0 Å². The largest absolute Gasteiger partial charge is 0.312 e. The molecule has 0 spiro atoms. The highest BCUT2D eigenvalue weighted by molar-refractivity contribution is 7.89. The van der Waals surface area contributed by atoms with Gasteiger partial charge in [-0.25, -0.2) is 12.7 Å². The van der Waals surface area contributed by atoms with Crippen molar-refractivity contribution >= 4 is 10.0 Å². The van der Waals surface area contributed by atoms with Crippen molar-refractivity contribution in [2.24, 2.45) is 5.92 Å². The Morgan fingerprint density at radius 1 is 1.47 bits per heavy atom. The SMILES string of the molecule is CC(C)CCN1CC(C)NCCS1(=O)=O. The van der Waals surface area contributed by atoms with Gasteiger partial charge in [-0.15, -0.1) is 0 Å². The van der Waals surface area contributed by atoms with Crippen LogP contribution in [-0.2, 0) is 10.0 Å². The lowest BCUT2D eigenvalue weighted by Crippen LogP contribution is -2.38. The van der Waals surface area contributed by atoms with Crippen LogP contribution in [0, 0.1) is 5.92 Å². The lowest BCUT2D eigenvalue weighted by Gasteiger charge is -2.22. The van der Waals surface area contributed by atoms with Crippen molar-refractivity contribution in [2.75, 3.05) is 25.4 Å². The summed E-state index contributed by atoms with van der Waals surface area (Å²) in [6.45, 7) is 8.10. The number of hydrogen-bond acceptors (Lipinski definition) is 3. The minimum absolute atomic E-state index is 0.232. The monoisotopic (exact) mass is 234 g/mol. The maximum atomic E-state index is 11.8. The molecule has 1 fully saturated rings. The molecular formula is C10H22N2O2S. The minimum atomic E-state index is -3.02. The van der Waals surface area contributed by atoms with Crippen molar-refractivity contribution in [1.82, 2.24) is 9.62 Å². The van der Waals surface area contributed by atoms with Gasteiger partial charge < -0.3 is 5.32 Å². The van der Waals surface area contributed by atoms with Crippen LogP contribution in [0.2, 0.25) is 0 Å². The van der Waals surface area contributed by atoms with E-state index in [-0.39, 0.29) is 11.8 Å². The Morgan fingerprint density at radius 3 is 2.73 bits per heavy atom. The topological polar surface area (TPSA) is 49.4 Å². The first-order valence-corrected chi connectivity index (χ1v) is 7.24. The van der Waals surface area contributed by atoms with Crippen LogP contribution in [0.4, 0.5) is 0 Å². The van der Waals surface area contributed by atoms with Gasteiger partial charge in [0.1, 0.15) is 0 Å². The highest BCUT2D eigenvalue weighted by Crippen LogP contribution is 2.10. The Labute approximate surface area is 93.1 Å². The van der Waals surface area contributed by atoms with Crippen molar-refractivity contribution in [2.45, 2.75) is 33.2 Å². The van der Waals surface area contributed by atoms with Gasteiger partial charge in [0, 0.05) is 25.7 Å². The van der Waals surface area contributed by atoms with Crippen LogP contribution in [-0.4, -0.2) is 44.2 Å². The molecule has 1 unspecified atom stereocenters. The molecule has 15 heavy (non-hydrogen) atoms. The fraction of sp³-hybridized carbons (Fsp3) is 1.00. The van der Waals surface area contributed by atoms with Crippen LogP contribution in [0.1, 0.15) is 27.2 Å². The third-order valence-electron chi connectivity index (χ3n) is 2.68. The van der Waals surface area contributed by atoms with Crippen molar-refractivity contribution in [3.8, 4) is 0 Å². The van der Waals surface area contributed by atoms with E-state index in [1.165, 1.54) is 0 Å². The van der Waals surface area contributed by atoms with E-state index in [4.69, 9.17) is 0 Å². The second-order valence-electron chi connectivity index (χ2n) is 4.71. The molecule has 1 aliphatic rings. The van der Waals surface area contributed by atoms with Gasteiger partial charge in [-0.2, -0.15) is 0 Å². The van der Waals surface area contributed by atoms with Crippen LogP contribution in [0.5, 0.6) is 0 Å². The average molecular weight is 234 g/mol. The summed E-state index contributed by atoms with van der Waals surface area (Å²) in [7, 11) is -3.02. The average Bonchev–Trinajstić information content (AvgIpc) is 2.22. The van der Waals surface area contributed by atoms with Crippen LogP contribution < -0.4 is 5.32 Å². The van der Waals surface area contributed by atoms with Gasteiger partial charge in [0.15, 0.2) is 0 Å². The molecule has 0 aromatic carbocycles. The third kappa shape index (κ3) is 4.09. The zero-order valence-electron chi connectivity index (χ0n) is 9.86. The van der Waals surface area contributed by atoms with Crippen molar-refractivity contribution in [3.63, 3.8) is 0 Å². The van der Waals surface area contributed by atoms with Crippen molar-refractivity contribution < 1.29 is 8.42 Å². The maximum absolute atomic E-state index is 11.8. The summed E-state index contributed by atoms with van der Waals surface area (Å²) in [5, 5.41) is 3.20. The zero-order valence-corrected chi connectivity index (χ0v) is 10.7. The second kappa shape index (κ2) is 5.27. The lowest BCUT2D eigenvalue weighted by atomic mass is 10.1. The van der Waals surface area contributed by atoms with Crippen LogP contribution in [0.25, 0.3) is 0 Å². The van der Waals surface area contributed by atoms with E-state index in [2.05, 4.69) is 19.2 Å². The highest BCUT2D eigenvalue weighted by atomic mass is 32.2. The van der Waals surface area contributed by atoms with Crippen LogP contribution in [0.3, 0.4) is 0 Å². The predicted octanol–water partition coefficient (Wildman–Crippen LogP) is 0.656. The Morgan fingerprint density at radius 2 is 2.13 bits per heavy atom. The number of sulfonamides is 1. The standard InChI is InChI=1S/C10H22N2O2S/c1-9(2)4-6-12-8-10(3)11-5-7-15(12,13)14/h9-11H,4-8H2,1-3H3. The number of nitrogens with one attached hydrogen (secondary N) is 1. The van der Waals surface area contributed by atoms with Gasteiger partial charge in [-0.1, -0.05) is 13.8 Å². The zero-order chi connectivity index (χ0) is 11.5. The van der Waals surface area contributed by atoms with E-state index < -0.39 is 10.0 Å². The second-order valence-corrected chi connectivity index (χ2v) is 6.80. The molecular weight excluding hydrogens is 212 g/mol. The molecule has 0 radical (unpaired) electrons. The van der Waals surface area contributed by atoms with Crippen LogP contribution in [0.15, 0.2) is 0 Å². The molecule has 1 atom stereocenters. The molecule has 4 nitrogen and oxygen atoms in total. The molecule has 1 aliphatic heterocycles. The smallest absolute Gasteiger partial charge is 0.215 e. The molecule has 1 saturated heterocycles. The summed E-state index contributed by atoms with van der Waals surface area (Å²) < 4.78 is 25.3. The van der Waals surface area contributed by atoms with Gasteiger partial charge in [-0.3, -0.25) is 0 Å². The summed E-state index contributed by atoms with van der Waals surface area (Å²) in [5.41, 5.74) is 0. The van der Waals surface area contributed by atoms with Gasteiger partial charge in [0.25, 0.3) is 0 Å². The van der Waals surface area contributed by atoms with Gasteiger partial charge in [0.05, 0.1) is 5.75 Å². The van der Waals surface area contributed by atoms with E-state index in [0.717, 1.165) is 6.42 Å². The molecule has 0 aliphatic carbocycles. The van der Waals surface area contributed by atoms with E-state index >= 15 is 0 Å². The summed E-state index contributed by atoms with van der Waals surface area (Å²) in [4.78, 5) is 0. The quantitative estimate of drug-likeness (QED) is 0.780. The summed E-state index contributed by atoms with van der Waals surface area (Å²) >= 11 is 0. The molecule has 0 saturated carbocycles. The third-order valence-corrected chi connectivity index (χ3v) is 4.52. The van der Waals surface area contributed by atoms with E-state index in [0.29, 0.717) is 25.6 Å². The number of rotatable bonds is 3. The minimum Gasteiger partial charge on any atom is -0.312 e. The van der Waals surface area contributed by atoms with E-state index in [9.17, 15) is 8.42 Å². The lowest BCUT2D eigenvalue weighted by molar-refractivity contribution is 0.358. The van der Waals surface area contributed by atoms with Gasteiger partial charge >= 0.3 is 0 Å². The molecule has 0 aromatic heterocycles. The first-order chi connectivity index (χ1) is 6.92. The molecule has 1 heterocycles. The van der Waals surface area contributed by atoms with E-state index in [1.807, 2.05) is 6.92 Å². The number of nitrogens with zero attached hydrogens (tertiary/aromatic N) is 1. The fourth-order valence-corrected chi connectivity index (χ4v) is 3.15. The van der Waals surface area contributed by atoms with E-state index in [1.54, 1.807) is 4.31 Å². The first-order valence-electron chi connectivity index (χ1n) is 5.63. The predicted molar refractivity (Wildman–Crippen MR) is 62.3 cm³/mol.